The maximum atomic E-state index is 9.88. The summed E-state index contributed by atoms with van der Waals surface area (Å²) in [5.41, 5.74) is 9.31. The van der Waals surface area contributed by atoms with Crippen LogP contribution in [0.4, 0.5) is 0 Å². The number of aromatic nitrogens is 2. The third kappa shape index (κ3) is 3.30. The fourth-order valence-electron chi connectivity index (χ4n) is 3.51. The highest BCUT2D eigenvalue weighted by Gasteiger charge is 2.37. The summed E-state index contributed by atoms with van der Waals surface area (Å²) in [6, 6.07) is 17.2. The summed E-state index contributed by atoms with van der Waals surface area (Å²) >= 11 is 6.44. The first-order valence-corrected chi connectivity index (χ1v) is 9.55. The van der Waals surface area contributed by atoms with E-state index in [9.17, 15) is 5.26 Å². The van der Waals surface area contributed by atoms with Crippen molar-refractivity contribution in [2.24, 2.45) is 5.73 Å². The molecule has 146 valence electrons. The molecular weight excluding hydrogens is 388 g/mol. The highest BCUT2D eigenvalue weighted by molar-refractivity contribution is 6.33. The van der Waals surface area contributed by atoms with Gasteiger partial charge in [-0.3, -0.25) is 5.10 Å². The molecule has 0 radical (unpaired) electrons. The molecule has 0 spiro atoms. The van der Waals surface area contributed by atoms with Crippen LogP contribution in [0.15, 0.2) is 60.0 Å². The first kappa shape index (κ1) is 18.9. The minimum Gasteiger partial charge on any atom is -0.491 e. The van der Waals surface area contributed by atoms with Gasteiger partial charge >= 0.3 is 0 Å². The Morgan fingerprint density at radius 1 is 1.21 bits per heavy atom. The zero-order chi connectivity index (χ0) is 20.5. The average molecular weight is 407 g/mol. The lowest BCUT2D eigenvalue weighted by molar-refractivity contribution is 0.239. The van der Waals surface area contributed by atoms with Gasteiger partial charge < -0.3 is 15.2 Å². The number of H-pyrrole nitrogens is 1. The molecule has 1 unspecified atom stereocenters. The van der Waals surface area contributed by atoms with Crippen LogP contribution in [-0.4, -0.2) is 16.3 Å². The molecule has 0 saturated carbocycles. The quantitative estimate of drug-likeness (QED) is 0.652. The Morgan fingerprint density at radius 2 is 1.93 bits per heavy atom. The summed E-state index contributed by atoms with van der Waals surface area (Å²) in [4.78, 5) is 0. The molecule has 2 aromatic carbocycles. The normalized spacial score (nSPS) is 15.6. The number of ether oxygens (including phenoxy) is 2. The van der Waals surface area contributed by atoms with Crippen LogP contribution in [0.25, 0.3) is 11.3 Å². The van der Waals surface area contributed by atoms with E-state index in [4.69, 9.17) is 26.8 Å². The monoisotopic (exact) mass is 406 g/mol. The molecule has 3 aromatic rings. The zero-order valence-corrected chi connectivity index (χ0v) is 16.7. The van der Waals surface area contributed by atoms with E-state index < -0.39 is 5.92 Å². The van der Waals surface area contributed by atoms with E-state index in [2.05, 4.69) is 16.3 Å². The molecule has 0 aliphatic carbocycles. The Morgan fingerprint density at radius 3 is 2.66 bits per heavy atom. The van der Waals surface area contributed by atoms with E-state index in [1.165, 1.54) is 0 Å². The topological polar surface area (TPSA) is 96.9 Å². The van der Waals surface area contributed by atoms with Gasteiger partial charge in [-0.15, -0.1) is 5.10 Å². The molecule has 1 aliphatic rings. The van der Waals surface area contributed by atoms with Crippen molar-refractivity contribution in [2.45, 2.75) is 25.9 Å². The van der Waals surface area contributed by atoms with Crippen LogP contribution < -0.4 is 15.2 Å². The van der Waals surface area contributed by atoms with Crippen LogP contribution in [0.1, 0.15) is 30.9 Å². The number of hydrogen-bond acceptors (Lipinski definition) is 5. The molecule has 7 heteroatoms. The highest BCUT2D eigenvalue weighted by atomic mass is 35.5. The number of nitrogens with zero attached hydrogens (tertiary/aromatic N) is 2. The molecule has 29 heavy (non-hydrogen) atoms. The fraction of sp³-hybridized carbons (Fsp3) is 0.182. The molecule has 3 N–H and O–H groups in total. The maximum Gasteiger partial charge on any atom is 0.244 e. The van der Waals surface area contributed by atoms with Crippen LogP contribution in [0, 0.1) is 11.3 Å². The van der Waals surface area contributed by atoms with Crippen LogP contribution in [0.5, 0.6) is 11.6 Å². The summed E-state index contributed by atoms with van der Waals surface area (Å²) in [6.45, 7) is 3.91. The molecular formula is C22H19ClN4O2. The third-order valence-electron chi connectivity index (χ3n) is 4.67. The molecule has 0 bridgehead atoms. The number of aromatic amines is 1. The predicted molar refractivity (Wildman–Crippen MR) is 111 cm³/mol. The molecule has 1 atom stereocenters. The lowest BCUT2D eigenvalue weighted by atomic mass is 9.82. The first-order valence-electron chi connectivity index (χ1n) is 9.17. The van der Waals surface area contributed by atoms with Gasteiger partial charge in [-0.25, -0.2) is 0 Å². The average Bonchev–Trinajstić information content (AvgIpc) is 3.10. The van der Waals surface area contributed by atoms with Crippen molar-refractivity contribution < 1.29 is 9.47 Å². The van der Waals surface area contributed by atoms with Crippen LogP contribution >= 0.6 is 11.6 Å². The zero-order valence-electron chi connectivity index (χ0n) is 15.9. The maximum absolute atomic E-state index is 9.88. The van der Waals surface area contributed by atoms with Gasteiger partial charge in [0.25, 0.3) is 0 Å². The van der Waals surface area contributed by atoms with Gasteiger partial charge in [0, 0.05) is 16.1 Å². The minimum absolute atomic E-state index is 0.0292. The van der Waals surface area contributed by atoms with Gasteiger partial charge in [0.15, 0.2) is 0 Å². The number of benzene rings is 2. The van der Waals surface area contributed by atoms with E-state index in [1.54, 1.807) is 6.07 Å². The fourth-order valence-corrected chi connectivity index (χ4v) is 3.74. The molecule has 4 rings (SSSR count). The van der Waals surface area contributed by atoms with Crippen molar-refractivity contribution in [3.63, 3.8) is 0 Å². The summed E-state index contributed by atoms with van der Waals surface area (Å²) in [6.07, 6.45) is -0.0327. The molecule has 6 nitrogen and oxygen atoms in total. The number of fused-ring (bicyclic) bond motifs is 1. The number of nitrogens with one attached hydrogen (secondary N) is 1. The van der Waals surface area contributed by atoms with Gasteiger partial charge in [0.05, 0.1) is 23.3 Å². The predicted octanol–water partition coefficient (Wildman–Crippen LogP) is 4.74. The third-order valence-corrected chi connectivity index (χ3v) is 5.00. The number of allylic oxidation sites excluding steroid dienone is 1. The van der Waals surface area contributed by atoms with Crippen molar-refractivity contribution in [2.75, 3.05) is 0 Å². The molecule has 0 amide bonds. The van der Waals surface area contributed by atoms with Gasteiger partial charge in [-0.1, -0.05) is 48.0 Å². The summed E-state index contributed by atoms with van der Waals surface area (Å²) in [7, 11) is 0. The Labute approximate surface area is 173 Å². The van der Waals surface area contributed by atoms with Gasteiger partial charge in [-0.2, -0.15) is 5.26 Å². The number of nitriles is 1. The SMILES string of the molecule is CC(C)Oc1ccccc1C1C(C#N)=C(N)Oc2n[nH]c(-c3ccccc3Cl)c21. The van der Waals surface area contributed by atoms with Gasteiger partial charge in [0.1, 0.15) is 17.4 Å². The number of hydrogen-bond donors (Lipinski definition) is 2. The molecule has 1 aliphatic heterocycles. The van der Waals surface area contributed by atoms with Crippen molar-refractivity contribution in [3.05, 3.63) is 76.1 Å². The first-order chi connectivity index (χ1) is 14.0. The largest absolute Gasteiger partial charge is 0.491 e. The van der Waals surface area contributed by atoms with Gasteiger partial charge in [0.2, 0.25) is 11.8 Å². The lowest BCUT2D eigenvalue weighted by Crippen LogP contribution is -2.21. The summed E-state index contributed by atoms with van der Waals surface area (Å²) < 4.78 is 11.7. The molecule has 2 heterocycles. The Hall–Kier alpha value is -3.43. The Bertz CT molecular complexity index is 1140. The van der Waals surface area contributed by atoms with Crippen molar-refractivity contribution in [1.82, 2.24) is 10.2 Å². The van der Waals surface area contributed by atoms with Crippen LogP contribution in [0.2, 0.25) is 5.02 Å². The van der Waals surface area contributed by atoms with E-state index in [0.29, 0.717) is 33.5 Å². The summed E-state index contributed by atoms with van der Waals surface area (Å²) in [5, 5.41) is 17.7. The van der Waals surface area contributed by atoms with E-state index in [0.717, 1.165) is 11.1 Å². The van der Waals surface area contributed by atoms with E-state index >= 15 is 0 Å². The van der Waals surface area contributed by atoms with Crippen molar-refractivity contribution in [3.8, 4) is 29.0 Å². The lowest BCUT2D eigenvalue weighted by Gasteiger charge is -2.26. The second-order valence-corrected chi connectivity index (χ2v) is 7.33. The molecule has 0 saturated heterocycles. The van der Waals surface area contributed by atoms with Crippen molar-refractivity contribution >= 4 is 11.6 Å². The number of rotatable bonds is 4. The highest BCUT2D eigenvalue weighted by Crippen LogP contribution is 2.48. The van der Waals surface area contributed by atoms with E-state index in [1.807, 2.05) is 56.3 Å². The van der Waals surface area contributed by atoms with Gasteiger partial charge in [-0.05, 0) is 26.0 Å². The number of nitrogens with two attached hydrogens (primary N) is 1. The Balaban J connectivity index is 1.97. The van der Waals surface area contributed by atoms with Crippen molar-refractivity contribution in [1.29, 1.82) is 5.26 Å². The second-order valence-electron chi connectivity index (χ2n) is 6.93. The minimum atomic E-state index is -0.510. The molecule has 1 aromatic heterocycles. The Kier molecular flexibility index (Phi) is 4.91. The second kappa shape index (κ2) is 7.53. The number of para-hydroxylation sites is 1. The van der Waals surface area contributed by atoms with E-state index in [-0.39, 0.29) is 12.0 Å². The van der Waals surface area contributed by atoms with Crippen LogP contribution in [-0.2, 0) is 0 Å². The van der Waals surface area contributed by atoms with Crippen LogP contribution in [0.3, 0.4) is 0 Å². The standard InChI is InChI=1S/C22H19ClN4O2/c1-12(2)28-17-10-6-4-8-14(17)18-15(11-24)21(25)29-22-19(18)20(26-27-22)13-7-3-5-9-16(13)23/h3-10,12,18H,25H2,1-2H3,(H,26,27). The number of halogens is 1. The molecule has 0 fully saturated rings. The summed E-state index contributed by atoms with van der Waals surface area (Å²) in [5.74, 6) is 0.512. The smallest absolute Gasteiger partial charge is 0.244 e.